The number of nitrogens with one attached hydrogen (secondary N) is 1. The second-order valence-electron chi connectivity index (χ2n) is 4.74. The van der Waals surface area contributed by atoms with Crippen LogP contribution in [0, 0.1) is 0 Å². The van der Waals surface area contributed by atoms with Gasteiger partial charge in [-0.05, 0) is 19.1 Å². The third-order valence-electron chi connectivity index (χ3n) is 3.59. The Hall–Kier alpha value is -0.940. The van der Waals surface area contributed by atoms with E-state index in [4.69, 9.17) is 11.6 Å². The van der Waals surface area contributed by atoms with Crippen molar-refractivity contribution in [1.82, 2.24) is 9.78 Å². The van der Waals surface area contributed by atoms with Gasteiger partial charge in [0, 0.05) is 11.3 Å². The summed E-state index contributed by atoms with van der Waals surface area (Å²) in [6.07, 6.45) is 9.05. The molecule has 1 heterocycles. The van der Waals surface area contributed by atoms with Crippen molar-refractivity contribution in [1.29, 1.82) is 0 Å². The number of halogens is 1. The first kappa shape index (κ1) is 14.5. The minimum Gasteiger partial charge on any atom is -0.381 e. The van der Waals surface area contributed by atoms with E-state index in [0.717, 1.165) is 6.54 Å². The largest absolute Gasteiger partial charge is 0.381 e. The number of hydrogen-bond donors (Lipinski definition) is 1. The molecule has 1 saturated carbocycles. The highest BCUT2D eigenvalue weighted by Crippen LogP contribution is 2.42. The summed E-state index contributed by atoms with van der Waals surface area (Å²) in [5.41, 5.74) is 0.339. The minimum absolute atomic E-state index is 0.201. The maximum absolute atomic E-state index is 11.9. The van der Waals surface area contributed by atoms with Crippen LogP contribution in [-0.4, -0.2) is 27.3 Å². The number of thioether (sulfide) groups is 1. The Labute approximate surface area is 122 Å². The molecular weight excluding hydrogens is 282 g/mol. The number of anilines is 1. The van der Waals surface area contributed by atoms with Gasteiger partial charge >= 0.3 is 0 Å². The third-order valence-corrected chi connectivity index (χ3v) is 5.37. The van der Waals surface area contributed by atoms with E-state index in [-0.39, 0.29) is 10.6 Å². The summed E-state index contributed by atoms with van der Waals surface area (Å²) in [6.45, 7) is 4.77. The molecule has 2 rings (SSSR count). The standard InChI is InChI=1S/C13H18ClN3OS/c1-3-7-17-12(18)11(14)10(8-16-17)15-9-13(19-2)5-4-6-13/h3,8,15H,1,4-7,9H2,2H3. The summed E-state index contributed by atoms with van der Waals surface area (Å²) in [6, 6.07) is 0. The van der Waals surface area contributed by atoms with Gasteiger partial charge in [-0.2, -0.15) is 16.9 Å². The van der Waals surface area contributed by atoms with Gasteiger partial charge in [0.15, 0.2) is 0 Å². The quantitative estimate of drug-likeness (QED) is 0.821. The van der Waals surface area contributed by atoms with Gasteiger partial charge in [0.2, 0.25) is 0 Å². The molecule has 0 unspecified atom stereocenters. The molecular formula is C13H18ClN3OS. The maximum atomic E-state index is 11.9. The van der Waals surface area contributed by atoms with Gasteiger partial charge in [-0.15, -0.1) is 6.58 Å². The highest BCUT2D eigenvalue weighted by Gasteiger charge is 2.35. The fourth-order valence-corrected chi connectivity index (χ4v) is 3.25. The number of rotatable bonds is 6. The normalized spacial score (nSPS) is 16.7. The molecule has 1 aromatic rings. The van der Waals surface area contributed by atoms with E-state index < -0.39 is 0 Å². The molecule has 0 aliphatic heterocycles. The zero-order chi connectivity index (χ0) is 13.9. The van der Waals surface area contributed by atoms with Crippen LogP contribution in [-0.2, 0) is 6.54 Å². The van der Waals surface area contributed by atoms with Crippen LogP contribution in [0.15, 0.2) is 23.6 Å². The number of aromatic nitrogens is 2. The molecule has 0 atom stereocenters. The summed E-state index contributed by atoms with van der Waals surface area (Å²) in [7, 11) is 0. The van der Waals surface area contributed by atoms with Crippen LogP contribution in [0.5, 0.6) is 0 Å². The monoisotopic (exact) mass is 299 g/mol. The molecule has 1 aromatic heterocycles. The minimum atomic E-state index is -0.279. The molecule has 4 nitrogen and oxygen atoms in total. The first-order valence-electron chi connectivity index (χ1n) is 6.27. The van der Waals surface area contributed by atoms with Crippen molar-refractivity contribution in [3.05, 3.63) is 34.2 Å². The number of allylic oxidation sites excluding steroid dienone is 1. The van der Waals surface area contributed by atoms with Crippen LogP contribution in [0.1, 0.15) is 19.3 Å². The summed E-state index contributed by atoms with van der Waals surface area (Å²) in [5.74, 6) is 0. The zero-order valence-electron chi connectivity index (χ0n) is 11.0. The smallest absolute Gasteiger partial charge is 0.287 e. The van der Waals surface area contributed by atoms with E-state index in [2.05, 4.69) is 23.3 Å². The first-order valence-corrected chi connectivity index (χ1v) is 7.88. The number of hydrogen-bond acceptors (Lipinski definition) is 4. The Morgan fingerprint density at radius 2 is 2.42 bits per heavy atom. The van der Waals surface area contributed by atoms with Gasteiger partial charge < -0.3 is 5.32 Å². The van der Waals surface area contributed by atoms with Crippen molar-refractivity contribution < 1.29 is 0 Å². The Bertz CT molecular complexity index is 520. The van der Waals surface area contributed by atoms with E-state index >= 15 is 0 Å². The fourth-order valence-electron chi connectivity index (χ4n) is 2.12. The van der Waals surface area contributed by atoms with Crippen LogP contribution in [0.3, 0.4) is 0 Å². The summed E-state index contributed by atoms with van der Waals surface area (Å²) in [5, 5.41) is 7.54. The highest BCUT2D eigenvalue weighted by atomic mass is 35.5. The van der Waals surface area contributed by atoms with Crippen LogP contribution in [0.4, 0.5) is 5.69 Å². The Morgan fingerprint density at radius 3 is 2.95 bits per heavy atom. The topological polar surface area (TPSA) is 46.9 Å². The summed E-state index contributed by atoms with van der Waals surface area (Å²) < 4.78 is 1.59. The van der Waals surface area contributed by atoms with E-state index in [1.54, 1.807) is 12.3 Å². The average Bonchev–Trinajstić information content (AvgIpc) is 2.37. The highest BCUT2D eigenvalue weighted by molar-refractivity contribution is 8.00. The molecule has 0 bridgehead atoms. The maximum Gasteiger partial charge on any atom is 0.287 e. The van der Waals surface area contributed by atoms with Crippen LogP contribution in [0.25, 0.3) is 0 Å². The third kappa shape index (κ3) is 2.98. The Morgan fingerprint density at radius 1 is 1.68 bits per heavy atom. The van der Waals surface area contributed by atoms with Crippen molar-refractivity contribution >= 4 is 29.1 Å². The molecule has 0 aromatic carbocycles. The predicted octanol–water partition coefficient (Wildman–Crippen LogP) is 2.78. The van der Waals surface area contributed by atoms with E-state index in [1.165, 1.54) is 23.9 Å². The predicted molar refractivity (Wildman–Crippen MR) is 82.3 cm³/mol. The van der Waals surface area contributed by atoms with E-state index in [9.17, 15) is 4.79 Å². The lowest BCUT2D eigenvalue weighted by Crippen LogP contribution is -2.40. The second-order valence-corrected chi connectivity index (χ2v) is 6.39. The molecule has 0 spiro atoms. The van der Waals surface area contributed by atoms with E-state index in [1.807, 2.05) is 11.8 Å². The molecule has 1 fully saturated rings. The van der Waals surface area contributed by atoms with Gasteiger partial charge in [0.1, 0.15) is 5.02 Å². The van der Waals surface area contributed by atoms with Crippen LogP contribution in [0.2, 0.25) is 5.02 Å². The molecule has 104 valence electrons. The lowest BCUT2D eigenvalue weighted by atomic mass is 9.84. The average molecular weight is 300 g/mol. The zero-order valence-corrected chi connectivity index (χ0v) is 12.6. The van der Waals surface area contributed by atoms with Gasteiger partial charge in [-0.1, -0.05) is 24.1 Å². The SMILES string of the molecule is C=CCn1ncc(NCC2(SC)CCC2)c(Cl)c1=O. The lowest BCUT2D eigenvalue weighted by molar-refractivity contribution is 0.380. The second kappa shape index (κ2) is 6.01. The molecule has 19 heavy (non-hydrogen) atoms. The van der Waals surface area contributed by atoms with Gasteiger partial charge in [0.05, 0.1) is 18.4 Å². The molecule has 0 radical (unpaired) electrons. The van der Waals surface area contributed by atoms with Gasteiger partial charge in [-0.25, -0.2) is 4.68 Å². The van der Waals surface area contributed by atoms with Crippen molar-refractivity contribution in [2.75, 3.05) is 18.1 Å². The molecule has 1 N–H and O–H groups in total. The van der Waals surface area contributed by atoms with Gasteiger partial charge in [0.25, 0.3) is 5.56 Å². The molecule has 1 aliphatic carbocycles. The molecule has 1 aliphatic rings. The first-order chi connectivity index (χ1) is 9.12. The Kier molecular flexibility index (Phi) is 4.58. The van der Waals surface area contributed by atoms with Crippen molar-refractivity contribution in [3.8, 4) is 0 Å². The molecule has 0 amide bonds. The summed E-state index contributed by atoms with van der Waals surface area (Å²) >= 11 is 7.97. The number of nitrogens with zero attached hydrogens (tertiary/aromatic N) is 2. The van der Waals surface area contributed by atoms with Gasteiger partial charge in [-0.3, -0.25) is 4.79 Å². The molecule has 0 saturated heterocycles. The van der Waals surface area contributed by atoms with Crippen molar-refractivity contribution in [2.45, 2.75) is 30.6 Å². The summed E-state index contributed by atoms with van der Waals surface area (Å²) in [4.78, 5) is 11.9. The fraction of sp³-hybridized carbons (Fsp3) is 0.538. The Balaban J connectivity index is 2.11. The lowest BCUT2D eigenvalue weighted by Gasteiger charge is -2.40. The van der Waals surface area contributed by atoms with Crippen LogP contribution >= 0.6 is 23.4 Å². The van der Waals surface area contributed by atoms with E-state index in [0.29, 0.717) is 17.0 Å². The van der Waals surface area contributed by atoms with Crippen molar-refractivity contribution in [3.63, 3.8) is 0 Å². The molecule has 6 heteroatoms. The van der Waals surface area contributed by atoms with Crippen LogP contribution < -0.4 is 10.9 Å². The van der Waals surface area contributed by atoms with Crippen molar-refractivity contribution in [2.24, 2.45) is 0 Å².